The minimum absolute atomic E-state index is 0.0405. The Balaban J connectivity index is 2.93. The van der Waals surface area contributed by atoms with E-state index in [9.17, 15) is 14.9 Å². The fourth-order valence-electron chi connectivity index (χ4n) is 1.46. The lowest BCUT2D eigenvalue weighted by molar-refractivity contribution is -0.385. The second-order valence-electron chi connectivity index (χ2n) is 5.28. The molecular weight excluding hydrogens is 248 g/mol. The SMILES string of the molecule is Cc1ccc([N+](=O)[O-])c(C(=O)NCC(C)(C)CO)c1. The third-order valence-corrected chi connectivity index (χ3v) is 2.75. The zero-order valence-corrected chi connectivity index (χ0v) is 11.3. The summed E-state index contributed by atoms with van der Waals surface area (Å²) in [4.78, 5) is 22.3. The van der Waals surface area contributed by atoms with E-state index < -0.39 is 16.2 Å². The maximum atomic E-state index is 12.0. The van der Waals surface area contributed by atoms with Crippen molar-refractivity contribution in [1.29, 1.82) is 0 Å². The first-order valence-electron chi connectivity index (χ1n) is 5.91. The van der Waals surface area contributed by atoms with Gasteiger partial charge in [0.1, 0.15) is 5.56 Å². The number of amides is 1. The van der Waals surface area contributed by atoms with Gasteiger partial charge in [-0.05, 0) is 18.6 Å². The highest BCUT2D eigenvalue weighted by molar-refractivity contribution is 5.98. The number of aryl methyl sites for hydroxylation is 1. The molecule has 6 heteroatoms. The Kier molecular flexibility index (Phi) is 4.61. The quantitative estimate of drug-likeness (QED) is 0.626. The molecule has 1 rings (SSSR count). The zero-order chi connectivity index (χ0) is 14.6. The lowest BCUT2D eigenvalue weighted by atomic mass is 9.95. The van der Waals surface area contributed by atoms with Crippen molar-refractivity contribution >= 4 is 11.6 Å². The summed E-state index contributed by atoms with van der Waals surface area (Å²) in [6.45, 7) is 5.50. The predicted molar refractivity (Wildman–Crippen MR) is 71.0 cm³/mol. The number of aliphatic hydroxyl groups excluding tert-OH is 1. The van der Waals surface area contributed by atoms with Gasteiger partial charge in [0.2, 0.25) is 0 Å². The first-order valence-corrected chi connectivity index (χ1v) is 5.91. The number of hydrogen-bond donors (Lipinski definition) is 2. The Hall–Kier alpha value is -1.95. The van der Waals surface area contributed by atoms with Crippen LogP contribution < -0.4 is 5.32 Å². The molecule has 0 unspecified atom stereocenters. The van der Waals surface area contributed by atoms with Crippen molar-refractivity contribution in [2.45, 2.75) is 20.8 Å². The number of carbonyl (C=O) groups excluding carboxylic acids is 1. The monoisotopic (exact) mass is 266 g/mol. The van der Waals surface area contributed by atoms with Crippen LogP contribution in [-0.4, -0.2) is 29.1 Å². The normalized spacial score (nSPS) is 11.2. The van der Waals surface area contributed by atoms with Crippen molar-refractivity contribution in [3.8, 4) is 0 Å². The average Bonchev–Trinajstić information content (AvgIpc) is 2.35. The first kappa shape index (κ1) is 15.1. The number of nitro benzene ring substituents is 1. The van der Waals surface area contributed by atoms with Crippen LogP contribution in [0.15, 0.2) is 18.2 Å². The molecule has 0 saturated carbocycles. The summed E-state index contributed by atoms with van der Waals surface area (Å²) in [7, 11) is 0. The summed E-state index contributed by atoms with van der Waals surface area (Å²) in [6.07, 6.45) is 0. The van der Waals surface area contributed by atoms with Crippen molar-refractivity contribution in [2.75, 3.05) is 13.2 Å². The highest BCUT2D eigenvalue weighted by Gasteiger charge is 2.23. The molecule has 104 valence electrons. The topological polar surface area (TPSA) is 92.5 Å². The molecule has 0 radical (unpaired) electrons. The lowest BCUT2D eigenvalue weighted by Crippen LogP contribution is -2.36. The minimum atomic E-state index is -0.578. The van der Waals surface area contributed by atoms with Gasteiger partial charge >= 0.3 is 0 Å². The van der Waals surface area contributed by atoms with Crippen molar-refractivity contribution in [1.82, 2.24) is 5.32 Å². The molecule has 0 saturated heterocycles. The second-order valence-corrected chi connectivity index (χ2v) is 5.28. The van der Waals surface area contributed by atoms with Gasteiger partial charge in [0.15, 0.2) is 0 Å². The van der Waals surface area contributed by atoms with Crippen molar-refractivity contribution in [3.63, 3.8) is 0 Å². The van der Waals surface area contributed by atoms with Gasteiger partial charge in [-0.1, -0.05) is 19.9 Å². The molecule has 1 amide bonds. The molecule has 0 spiro atoms. The third kappa shape index (κ3) is 4.03. The van der Waals surface area contributed by atoms with Crippen LogP contribution in [0, 0.1) is 22.5 Å². The number of carbonyl (C=O) groups is 1. The average molecular weight is 266 g/mol. The molecule has 2 N–H and O–H groups in total. The molecule has 0 heterocycles. The number of aliphatic hydroxyl groups is 1. The van der Waals surface area contributed by atoms with Crippen LogP contribution in [0.1, 0.15) is 29.8 Å². The van der Waals surface area contributed by atoms with E-state index in [1.807, 2.05) is 0 Å². The molecule has 1 aromatic rings. The largest absolute Gasteiger partial charge is 0.396 e. The summed E-state index contributed by atoms with van der Waals surface area (Å²) in [5.41, 5.74) is 0.134. The van der Waals surface area contributed by atoms with Crippen molar-refractivity contribution in [2.24, 2.45) is 5.41 Å². The van der Waals surface area contributed by atoms with Crippen LogP contribution in [0.3, 0.4) is 0 Å². The Morgan fingerprint density at radius 1 is 1.47 bits per heavy atom. The predicted octanol–water partition coefficient (Wildman–Crippen LogP) is 1.65. The van der Waals surface area contributed by atoms with Crippen LogP contribution in [0.4, 0.5) is 5.69 Å². The van der Waals surface area contributed by atoms with Crippen LogP contribution in [0.2, 0.25) is 0 Å². The van der Waals surface area contributed by atoms with Crippen LogP contribution in [-0.2, 0) is 0 Å². The Labute approximate surface area is 111 Å². The van der Waals surface area contributed by atoms with Gasteiger partial charge in [0.05, 0.1) is 4.92 Å². The van der Waals surface area contributed by atoms with E-state index in [1.165, 1.54) is 12.1 Å². The molecule has 0 fully saturated rings. The van der Waals surface area contributed by atoms with E-state index in [2.05, 4.69) is 5.32 Å². The van der Waals surface area contributed by atoms with Gasteiger partial charge in [0, 0.05) is 24.6 Å². The van der Waals surface area contributed by atoms with Crippen molar-refractivity contribution in [3.05, 3.63) is 39.4 Å². The number of nitro groups is 1. The van der Waals surface area contributed by atoms with Crippen LogP contribution >= 0.6 is 0 Å². The number of nitrogens with one attached hydrogen (secondary N) is 1. The molecule has 6 nitrogen and oxygen atoms in total. The van der Waals surface area contributed by atoms with E-state index in [0.29, 0.717) is 0 Å². The van der Waals surface area contributed by atoms with E-state index in [-0.39, 0.29) is 24.4 Å². The number of hydrogen-bond acceptors (Lipinski definition) is 4. The maximum absolute atomic E-state index is 12.0. The van der Waals surface area contributed by atoms with E-state index in [1.54, 1.807) is 26.8 Å². The molecule has 1 aromatic carbocycles. The van der Waals surface area contributed by atoms with Crippen LogP contribution in [0.5, 0.6) is 0 Å². The van der Waals surface area contributed by atoms with Gasteiger partial charge in [-0.2, -0.15) is 0 Å². The summed E-state index contributed by atoms with van der Waals surface area (Å²) in [5.74, 6) is -0.503. The molecule has 0 bridgehead atoms. The molecule has 0 aliphatic heterocycles. The number of nitrogens with zero attached hydrogens (tertiary/aromatic N) is 1. The second kappa shape index (κ2) is 5.79. The minimum Gasteiger partial charge on any atom is -0.396 e. The maximum Gasteiger partial charge on any atom is 0.282 e. The number of rotatable bonds is 5. The summed E-state index contributed by atoms with van der Waals surface area (Å²) < 4.78 is 0. The summed E-state index contributed by atoms with van der Waals surface area (Å²) in [5, 5.41) is 22.6. The Bertz CT molecular complexity index is 497. The van der Waals surface area contributed by atoms with E-state index in [0.717, 1.165) is 5.56 Å². The van der Waals surface area contributed by atoms with Gasteiger partial charge < -0.3 is 10.4 Å². The Morgan fingerprint density at radius 3 is 2.63 bits per heavy atom. The van der Waals surface area contributed by atoms with Gasteiger partial charge in [-0.15, -0.1) is 0 Å². The number of benzene rings is 1. The smallest absolute Gasteiger partial charge is 0.282 e. The van der Waals surface area contributed by atoms with Gasteiger partial charge in [-0.3, -0.25) is 14.9 Å². The lowest BCUT2D eigenvalue weighted by Gasteiger charge is -2.21. The molecule has 0 aromatic heterocycles. The summed E-state index contributed by atoms with van der Waals surface area (Å²) in [6, 6.07) is 4.40. The van der Waals surface area contributed by atoms with Crippen molar-refractivity contribution < 1.29 is 14.8 Å². The fourth-order valence-corrected chi connectivity index (χ4v) is 1.46. The Morgan fingerprint density at radius 2 is 2.11 bits per heavy atom. The molecule has 0 aliphatic carbocycles. The fraction of sp³-hybridized carbons (Fsp3) is 0.462. The van der Waals surface area contributed by atoms with E-state index >= 15 is 0 Å². The van der Waals surface area contributed by atoms with E-state index in [4.69, 9.17) is 5.11 Å². The standard InChI is InChI=1S/C13H18N2O4/c1-9-4-5-11(15(18)19)10(6-9)12(17)14-7-13(2,3)8-16/h4-6,16H,7-8H2,1-3H3,(H,14,17). The molecule has 0 aliphatic rings. The highest BCUT2D eigenvalue weighted by Crippen LogP contribution is 2.20. The molecular formula is C13H18N2O4. The third-order valence-electron chi connectivity index (χ3n) is 2.75. The first-order chi connectivity index (χ1) is 8.76. The van der Waals surface area contributed by atoms with Gasteiger partial charge in [-0.25, -0.2) is 0 Å². The molecule has 0 atom stereocenters. The van der Waals surface area contributed by atoms with Crippen LogP contribution in [0.25, 0.3) is 0 Å². The zero-order valence-electron chi connectivity index (χ0n) is 11.3. The molecule has 19 heavy (non-hydrogen) atoms. The summed E-state index contributed by atoms with van der Waals surface area (Å²) >= 11 is 0. The highest BCUT2D eigenvalue weighted by atomic mass is 16.6. The van der Waals surface area contributed by atoms with Gasteiger partial charge in [0.25, 0.3) is 11.6 Å².